The molecule has 0 unspecified atom stereocenters. The molecule has 5 nitrogen and oxygen atoms in total. The fraction of sp³-hybridized carbons (Fsp3) is 0.118. The molecule has 0 saturated carbocycles. The Morgan fingerprint density at radius 1 is 1.15 bits per heavy atom. The number of pyridine rings is 1. The fourth-order valence-corrected chi connectivity index (χ4v) is 3.45. The molecule has 0 aliphatic carbocycles. The number of rotatable bonds is 4. The molecule has 0 bridgehead atoms. The normalized spacial score (nSPS) is 12.1. The Balaban J connectivity index is 1.59. The molecule has 0 amide bonds. The van der Waals surface area contributed by atoms with Crippen LogP contribution < -0.4 is 0 Å². The Morgan fingerprint density at radius 3 is 2.77 bits per heavy atom. The van der Waals surface area contributed by atoms with E-state index in [1.165, 1.54) is 10.5 Å². The van der Waals surface area contributed by atoms with Gasteiger partial charge in [0.2, 0.25) is 0 Å². The second-order valence-corrected chi connectivity index (χ2v) is 6.53. The number of alkyl halides is 3. The molecule has 132 valence electrons. The maximum Gasteiger partial charge on any atom is 0.417 e. The number of para-hydroxylation sites is 1. The molecule has 4 rings (SSSR count). The fourth-order valence-electron chi connectivity index (χ4n) is 2.65. The number of halogens is 3. The van der Waals surface area contributed by atoms with E-state index in [0.29, 0.717) is 11.2 Å². The minimum Gasteiger partial charge on any atom is -0.360 e. The van der Waals surface area contributed by atoms with Crippen LogP contribution in [0.25, 0.3) is 16.6 Å². The predicted octanol–water partition coefficient (Wildman–Crippen LogP) is 4.20. The smallest absolute Gasteiger partial charge is 0.360 e. The van der Waals surface area contributed by atoms with Crippen molar-refractivity contribution in [1.82, 2.24) is 19.6 Å². The van der Waals surface area contributed by atoms with E-state index in [1.54, 1.807) is 6.20 Å². The Kier molecular flexibility index (Phi) is 3.95. The van der Waals surface area contributed by atoms with Gasteiger partial charge in [0.05, 0.1) is 11.3 Å². The number of benzene rings is 1. The summed E-state index contributed by atoms with van der Waals surface area (Å²) in [7, 11) is 0. The van der Waals surface area contributed by atoms with Gasteiger partial charge in [-0.05, 0) is 18.2 Å². The minimum absolute atomic E-state index is 0.0406. The average Bonchev–Trinajstić information content (AvgIpc) is 3.22. The van der Waals surface area contributed by atoms with Crippen LogP contribution >= 0.6 is 11.8 Å². The maximum absolute atomic E-state index is 12.9. The summed E-state index contributed by atoms with van der Waals surface area (Å²) in [6.07, 6.45) is -1.88. The molecule has 0 aliphatic rings. The van der Waals surface area contributed by atoms with E-state index in [9.17, 15) is 18.0 Å². The summed E-state index contributed by atoms with van der Waals surface area (Å²) in [5.41, 5.74) is 0.885. The van der Waals surface area contributed by atoms with Crippen molar-refractivity contribution in [3.05, 3.63) is 59.9 Å². The van der Waals surface area contributed by atoms with Crippen LogP contribution in [0.2, 0.25) is 0 Å². The first kappa shape index (κ1) is 16.6. The standard InChI is InChI=1S/C17H11F3N4OS/c18-17(19,20)10-5-6-15-22-23-16(24(15)8-10)26-9-14(25)12-7-21-13-4-2-1-3-11(12)13/h1-8,21H,9H2. The number of nitrogens with one attached hydrogen (secondary N) is 1. The Hall–Kier alpha value is -2.81. The number of hydrogen-bond acceptors (Lipinski definition) is 4. The van der Waals surface area contributed by atoms with Crippen molar-refractivity contribution >= 4 is 34.1 Å². The van der Waals surface area contributed by atoms with Gasteiger partial charge in [-0.25, -0.2) is 0 Å². The van der Waals surface area contributed by atoms with Crippen LogP contribution in [0.15, 0.2) is 53.9 Å². The predicted molar refractivity (Wildman–Crippen MR) is 91.3 cm³/mol. The van der Waals surface area contributed by atoms with Gasteiger partial charge in [0.25, 0.3) is 0 Å². The van der Waals surface area contributed by atoms with Crippen molar-refractivity contribution in [2.75, 3.05) is 5.75 Å². The highest BCUT2D eigenvalue weighted by molar-refractivity contribution is 7.99. The topological polar surface area (TPSA) is 63.1 Å². The number of Topliss-reactive ketones (excluding diaryl/α,β-unsaturated/α-hetero) is 1. The maximum atomic E-state index is 12.9. The largest absolute Gasteiger partial charge is 0.417 e. The van der Waals surface area contributed by atoms with Crippen LogP contribution in [0, 0.1) is 0 Å². The summed E-state index contributed by atoms with van der Waals surface area (Å²) in [5, 5.41) is 8.77. The number of aromatic amines is 1. The summed E-state index contributed by atoms with van der Waals surface area (Å²) in [5.74, 6) is -0.102. The molecule has 1 aromatic carbocycles. The zero-order chi connectivity index (χ0) is 18.3. The van der Waals surface area contributed by atoms with Gasteiger partial charge in [-0.2, -0.15) is 13.2 Å². The van der Waals surface area contributed by atoms with Crippen molar-refractivity contribution < 1.29 is 18.0 Å². The van der Waals surface area contributed by atoms with E-state index >= 15 is 0 Å². The molecular formula is C17H11F3N4OS. The van der Waals surface area contributed by atoms with Gasteiger partial charge in [-0.3, -0.25) is 9.20 Å². The van der Waals surface area contributed by atoms with Crippen molar-refractivity contribution in [2.24, 2.45) is 0 Å². The highest BCUT2D eigenvalue weighted by Gasteiger charge is 2.31. The number of hydrogen-bond donors (Lipinski definition) is 1. The molecule has 4 aromatic rings. The molecule has 9 heteroatoms. The average molecular weight is 376 g/mol. The molecule has 0 saturated heterocycles. The second kappa shape index (κ2) is 6.17. The lowest BCUT2D eigenvalue weighted by molar-refractivity contribution is -0.137. The molecular weight excluding hydrogens is 365 g/mol. The quantitative estimate of drug-likeness (QED) is 0.428. The van der Waals surface area contributed by atoms with Gasteiger partial charge in [0.1, 0.15) is 0 Å². The molecule has 0 aliphatic heterocycles. The van der Waals surface area contributed by atoms with Crippen LogP contribution in [-0.2, 0) is 6.18 Å². The third kappa shape index (κ3) is 2.94. The third-order valence-electron chi connectivity index (χ3n) is 3.92. The Labute approximate surface area is 149 Å². The van der Waals surface area contributed by atoms with E-state index in [0.717, 1.165) is 34.9 Å². The summed E-state index contributed by atoms with van der Waals surface area (Å²) < 4.78 is 39.9. The lowest BCUT2D eigenvalue weighted by atomic mass is 10.1. The van der Waals surface area contributed by atoms with Gasteiger partial charge in [-0.1, -0.05) is 30.0 Å². The number of fused-ring (bicyclic) bond motifs is 2. The van der Waals surface area contributed by atoms with Gasteiger partial charge in [0.15, 0.2) is 16.6 Å². The second-order valence-electron chi connectivity index (χ2n) is 5.59. The van der Waals surface area contributed by atoms with Crippen LogP contribution in [0.1, 0.15) is 15.9 Å². The van der Waals surface area contributed by atoms with E-state index in [1.807, 2.05) is 24.3 Å². The molecule has 3 heterocycles. The Bertz CT molecular complexity index is 1120. The Morgan fingerprint density at radius 2 is 1.96 bits per heavy atom. The van der Waals surface area contributed by atoms with E-state index in [4.69, 9.17) is 0 Å². The van der Waals surface area contributed by atoms with Crippen molar-refractivity contribution in [1.29, 1.82) is 0 Å². The van der Waals surface area contributed by atoms with Crippen molar-refractivity contribution in [2.45, 2.75) is 11.3 Å². The van der Waals surface area contributed by atoms with Crippen LogP contribution in [-0.4, -0.2) is 31.1 Å². The number of carbonyl (C=O) groups is 1. The first-order valence-electron chi connectivity index (χ1n) is 7.57. The number of ketones is 1. The minimum atomic E-state index is -4.46. The summed E-state index contributed by atoms with van der Waals surface area (Å²) in [4.78, 5) is 15.5. The van der Waals surface area contributed by atoms with Gasteiger partial charge < -0.3 is 4.98 Å². The summed E-state index contributed by atoms with van der Waals surface area (Å²) in [6, 6.07) is 9.61. The van der Waals surface area contributed by atoms with Crippen LogP contribution in [0.3, 0.4) is 0 Å². The van der Waals surface area contributed by atoms with Gasteiger partial charge in [0, 0.05) is 28.9 Å². The van der Waals surface area contributed by atoms with E-state index in [-0.39, 0.29) is 16.7 Å². The highest BCUT2D eigenvalue weighted by atomic mass is 32.2. The number of carbonyl (C=O) groups excluding carboxylic acids is 1. The monoisotopic (exact) mass is 376 g/mol. The molecule has 0 fully saturated rings. The molecule has 1 N–H and O–H groups in total. The third-order valence-corrected chi connectivity index (χ3v) is 4.86. The number of H-pyrrole nitrogens is 1. The molecule has 0 spiro atoms. The molecule has 3 aromatic heterocycles. The molecule has 0 atom stereocenters. The first-order chi connectivity index (χ1) is 12.4. The highest BCUT2D eigenvalue weighted by Crippen LogP contribution is 2.30. The zero-order valence-electron chi connectivity index (χ0n) is 13.1. The van der Waals surface area contributed by atoms with Crippen LogP contribution in [0.5, 0.6) is 0 Å². The SMILES string of the molecule is O=C(CSc1nnc2ccc(C(F)(F)F)cn12)c1c[nH]c2ccccc12. The van der Waals surface area contributed by atoms with Crippen molar-refractivity contribution in [3.8, 4) is 0 Å². The number of thioether (sulfide) groups is 1. The molecule has 26 heavy (non-hydrogen) atoms. The lowest BCUT2D eigenvalue weighted by Gasteiger charge is -2.07. The first-order valence-corrected chi connectivity index (χ1v) is 8.56. The van der Waals surface area contributed by atoms with E-state index < -0.39 is 11.7 Å². The van der Waals surface area contributed by atoms with Gasteiger partial charge >= 0.3 is 6.18 Å². The van der Waals surface area contributed by atoms with Crippen LogP contribution in [0.4, 0.5) is 13.2 Å². The summed E-state index contributed by atoms with van der Waals surface area (Å²) >= 11 is 1.05. The summed E-state index contributed by atoms with van der Waals surface area (Å²) in [6.45, 7) is 0. The zero-order valence-corrected chi connectivity index (χ0v) is 13.9. The lowest BCUT2D eigenvalue weighted by Crippen LogP contribution is -2.07. The van der Waals surface area contributed by atoms with Crippen molar-refractivity contribution in [3.63, 3.8) is 0 Å². The van der Waals surface area contributed by atoms with E-state index in [2.05, 4.69) is 15.2 Å². The van der Waals surface area contributed by atoms with Gasteiger partial charge in [-0.15, -0.1) is 10.2 Å². The number of aromatic nitrogens is 4. The number of nitrogens with zero attached hydrogens (tertiary/aromatic N) is 3. The molecule has 0 radical (unpaired) electrons.